The molecule has 0 amide bonds. The summed E-state index contributed by atoms with van der Waals surface area (Å²) in [5, 5.41) is 0. The van der Waals surface area contributed by atoms with Gasteiger partial charge in [-0.15, -0.1) is 0 Å². The van der Waals surface area contributed by atoms with Crippen molar-refractivity contribution in [3.05, 3.63) is 0 Å². The predicted molar refractivity (Wildman–Crippen MR) is 94.5 cm³/mol. The second-order valence-electron chi connectivity index (χ2n) is 4.28. The van der Waals surface area contributed by atoms with Gasteiger partial charge >= 0.3 is 153 Å². The van der Waals surface area contributed by atoms with Crippen LogP contribution in [0.1, 0.15) is 32.6 Å². The van der Waals surface area contributed by atoms with Gasteiger partial charge in [0.1, 0.15) is 0 Å². The van der Waals surface area contributed by atoms with Crippen LogP contribution < -0.4 is 0 Å². The zero-order valence-electron chi connectivity index (χ0n) is 12.4. The standard InChI is InChI=1S/3C3H6O2S.C3H7.Sn/c3*4-3(5)1-2-6;1-3-2;/h3*6H,1-2H2,(H,4,5);1,3H2,2H3;/q;;;;+3/p-3. The topological polar surface area (TPSA) is 78.9 Å². The molecule has 0 bridgehead atoms. The van der Waals surface area contributed by atoms with Gasteiger partial charge in [-0.25, -0.2) is 0 Å². The molecule has 0 aromatic carbocycles. The van der Waals surface area contributed by atoms with Crippen molar-refractivity contribution >= 4 is 75.4 Å². The Morgan fingerprint density at radius 3 is 1.32 bits per heavy atom. The Balaban J connectivity index is 5.18. The molecule has 0 aromatic heterocycles. The summed E-state index contributed by atoms with van der Waals surface area (Å²) in [5.74, 6) is -0.837. The molecule has 0 saturated heterocycles. The van der Waals surface area contributed by atoms with Gasteiger partial charge in [0.15, 0.2) is 0 Å². The minimum atomic E-state index is -4.62. The Bertz CT molecular complexity index is 330. The van der Waals surface area contributed by atoms with Gasteiger partial charge in [-0.2, -0.15) is 0 Å². The first-order valence-electron chi connectivity index (χ1n) is 6.91. The SMILES string of the molecule is CC[CH2][Sn]([O]C(=O)CCS)([O]C(=O)CCS)[O]C(=O)CCS. The van der Waals surface area contributed by atoms with Crippen molar-refractivity contribution < 1.29 is 23.6 Å². The van der Waals surface area contributed by atoms with Crippen molar-refractivity contribution in [3.63, 3.8) is 0 Å². The number of thiol groups is 3. The molecule has 0 N–H and O–H groups in total. The first-order valence-corrected chi connectivity index (χ1v) is 14.3. The van der Waals surface area contributed by atoms with Crippen molar-refractivity contribution in [2.75, 3.05) is 17.3 Å². The van der Waals surface area contributed by atoms with Gasteiger partial charge in [-0.1, -0.05) is 0 Å². The average molecular weight is 477 g/mol. The molecular formula is C12H22O6S3Sn. The van der Waals surface area contributed by atoms with Gasteiger partial charge in [0.25, 0.3) is 0 Å². The molecule has 0 rings (SSSR count). The molecule has 6 nitrogen and oxygen atoms in total. The van der Waals surface area contributed by atoms with E-state index < -0.39 is 37.5 Å². The zero-order chi connectivity index (χ0) is 17.0. The van der Waals surface area contributed by atoms with Crippen LogP contribution in [0.2, 0.25) is 4.44 Å². The molecule has 0 heterocycles. The van der Waals surface area contributed by atoms with Gasteiger partial charge in [-0.05, 0) is 0 Å². The van der Waals surface area contributed by atoms with E-state index in [1.54, 1.807) is 0 Å². The molecule has 128 valence electrons. The van der Waals surface area contributed by atoms with Crippen molar-refractivity contribution in [3.8, 4) is 0 Å². The Hall–Kier alpha value is 0.259. The van der Waals surface area contributed by atoms with Gasteiger partial charge in [0, 0.05) is 0 Å². The second kappa shape index (κ2) is 12.7. The summed E-state index contributed by atoms with van der Waals surface area (Å²) in [6.45, 7) is 1.83. The van der Waals surface area contributed by atoms with Crippen LogP contribution in [0, 0.1) is 0 Å². The summed E-state index contributed by atoms with van der Waals surface area (Å²) in [6.07, 6.45) is 0.728. The molecule has 22 heavy (non-hydrogen) atoms. The fourth-order valence-corrected chi connectivity index (χ4v) is 8.84. The van der Waals surface area contributed by atoms with E-state index in [2.05, 4.69) is 37.9 Å². The Morgan fingerprint density at radius 2 is 1.09 bits per heavy atom. The monoisotopic (exact) mass is 478 g/mol. The maximum absolute atomic E-state index is 11.8. The molecule has 0 aliphatic carbocycles. The van der Waals surface area contributed by atoms with E-state index in [1.807, 2.05) is 6.92 Å². The molecule has 0 radical (unpaired) electrons. The van der Waals surface area contributed by atoms with Gasteiger partial charge in [0.2, 0.25) is 0 Å². The summed E-state index contributed by atoms with van der Waals surface area (Å²) in [7, 11) is 0. The maximum atomic E-state index is 11.8. The molecule has 10 heteroatoms. The quantitative estimate of drug-likeness (QED) is 0.312. The van der Waals surface area contributed by atoms with Crippen LogP contribution in [0.15, 0.2) is 0 Å². The van der Waals surface area contributed by atoms with Gasteiger partial charge in [0.05, 0.1) is 0 Å². The summed E-state index contributed by atoms with van der Waals surface area (Å²) < 4.78 is 16.3. The van der Waals surface area contributed by atoms with Crippen molar-refractivity contribution in [2.24, 2.45) is 0 Å². The first kappa shape index (κ1) is 22.3. The number of carbonyl (C=O) groups is 3. The molecule has 0 aliphatic heterocycles. The molecule has 0 fully saturated rings. The third kappa shape index (κ3) is 9.41. The third-order valence-electron chi connectivity index (χ3n) is 2.31. The normalized spacial score (nSPS) is 10.9. The Kier molecular flexibility index (Phi) is 12.8. The summed E-state index contributed by atoms with van der Waals surface area (Å²) in [5.41, 5.74) is 0. The van der Waals surface area contributed by atoms with E-state index in [-0.39, 0.29) is 23.7 Å². The minimum absolute atomic E-state index is 0.0553. The number of carbonyl (C=O) groups excluding carboxylic acids is 3. The molecule has 0 spiro atoms. The van der Waals surface area contributed by atoms with E-state index in [0.29, 0.717) is 23.7 Å². The van der Waals surface area contributed by atoms with Crippen molar-refractivity contribution in [1.82, 2.24) is 0 Å². The number of hydrogen-bond donors (Lipinski definition) is 3. The fourth-order valence-electron chi connectivity index (χ4n) is 1.47. The van der Waals surface area contributed by atoms with Crippen LogP contribution in [-0.4, -0.2) is 54.8 Å². The molecule has 0 atom stereocenters. The summed E-state index contributed by atoms with van der Waals surface area (Å²) in [6, 6.07) is 0. The van der Waals surface area contributed by atoms with Crippen molar-refractivity contribution in [2.45, 2.75) is 37.0 Å². The van der Waals surface area contributed by atoms with Gasteiger partial charge in [-0.3, -0.25) is 0 Å². The number of rotatable bonds is 11. The second-order valence-corrected chi connectivity index (χ2v) is 12.7. The number of hydrogen-bond acceptors (Lipinski definition) is 9. The molecule has 0 aliphatic rings. The van der Waals surface area contributed by atoms with Crippen LogP contribution in [0.4, 0.5) is 0 Å². The van der Waals surface area contributed by atoms with E-state index in [1.165, 1.54) is 0 Å². The van der Waals surface area contributed by atoms with Crippen molar-refractivity contribution in [1.29, 1.82) is 0 Å². The average Bonchev–Trinajstić information content (AvgIpc) is 2.39. The Morgan fingerprint density at radius 1 is 0.773 bits per heavy atom. The Labute approximate surface area is 152 Å². The van der Waals surface area contributed by atoms with Crippen LogP contribution in [0.3, 0.4) is 0 Å². The summed E-state index contributed by atoms with van der Waals surface area (Å²) >= 11 is 7.24. The molecule has 0 unspecified atom stereocenters. The fraction of sp³-hybridized carbons (Fsp3) is 0.750. The zero-order valence-corrected chi connectivity index (χ0v) is 18.0. The summed E-state index contributed by atoms with van der Waals surface area (Å²) in [4.78, 5) is 35.3. The molecular weight excluding hydrogens is 455 g/mol. The molecule has 0 aromatic rings. The van der Waals surface area contributed by atoms with Gasteiger partial charge < -0.3 is 0 Å². The van der Waals surface area contributed by atoms with Crippen LogP contribution in [0.5, 0.6) is 0 Å². The van der Waals surface area contributed by atoms with E-state index in [0.717, 1.165) is 0 Å². The molecule has 0 saturated carbocycles. The van der Waals surface area contributed by atoms with Crippen LogP contribution >= 0.6 is 37.9 Å². The van der Waals surface area contributed by atoms with Crippen LogP contribution in [0.25, 0.3) is 0 Å². The van der Waals surface area contributed by atoms with E-state index >= 15 is 0 Å². The first-order chi connectivity index (χ1) is 10.4. The third-order valence-corrected chi connectivity index (χ3v) is 10.8. The van der Waals surface area contributed by atoms with E-state index in [9.17, 15) is 14.4 Å². The van der Waals surface area contributed by atoms with Crippen LogP contribution in [-0.2, 0) is 23.6 Å². The predicted octanol–water partition coefficient (Wildman–Crippen LogP) is 1.92. The van der Waals surface area contributed by atoms with E-state index in [4.69, 9.17) is 9.22 Å².